The van der Waals surface area contributed by atoms with Gasteiger partial charge in [0, 0.05) is 37.9 Å². The summed E-state index contributed by atoms with van der Waals surface area (Å²) >= 11 is 0. The van der Waals surface area contributed by atoms with Crippen molar-refractivity contribution in [3.05, 3.63) is 64.7 Å². The van der Waals surface area contributed by atoms with Crippen molar-refractivity contribution in [3.8, 4) is 11.4 Å². The first-order valence-electron chi connectivity index (χ1n) is 8.10. The van der Waals surface area contributed by atoms with Gasteiger partial charge in [0.15, 0.2) is 0 Å². The number of rotatable bonds is 4. The summed E-state index contributed by atoms with van der Waals surface area (Å²) < 4.78 is 3.73. The van der Waals surface area contributed by atoms with E-state index in [0.717, 1.165) is 22.3 Å². The van der Waals surface area contributed by atoms with Crippen molar-refractivity contribution in [2.45, 2.75) is 19.9 Å². The fourth-order valence-electron chi connectivity index (χ4n) is 2.99. The lowest BCUT2D eigenvalue weighted by Gasteiger charge is -2.08. The van der Waals surface area contributed by atoms with E-state index in [1.807, 2.05) is 42.9 Å². The Balaban J connectivity index is 1.72. The van der Waals surface area contributed by atoms with E-state index in [4.69, 9.17) is 0 Å². The summed E-state index contributed by atoms with van der Waals surface area (Å²) in [5.74, 6) is 1.55. The molecule has 0 spiro atoms. The molecule has 0 radical (unpaired) electrons. The molecular formula is C18H18N6O. The average Bonchev–Trinajstić information content (AvgIpc) is 3.21. The number of aromatic amines is 1. The summed E-state index contributed by atoms with van der Waals surface area (Å²) in [4.78, 5) is 24.1. The Morgan fingerprint density at radius 3 is 2.88 bits per heavy atom. The quantitative estimate of drug-likeness (QED) is 0.619. The smallest absolute Gasteiger partial charge is 0.259 e. The third kappa shape index (κ3) is 2.84. The van der Waals surface area contributed by atoms with Crippen molar-refractivity contribution < 1.29 is 0 Å². The summed E-state index contributed by atoms with van der Waals surface area (Å²) in [6.45, 7) is 2.71. The molecule has 1 aromatic carbocycles. The minimum absolute atomic E-state index is 0.137. The van der Waals surface area contributed by atoms with E-state index in [1.54, 1.807) is 17.2 Å². The van der Waals surface area contributed by atoms with E-state index in [-0.39, 0.29) is 5.56 Å². The van der Waals surface area contributed by atoms with Gasteiger partial charge >= 0.3 is 0 Å². The molecule has 4 rings (SSSR count). The first-order chi connectivity index (χ1) is 12.1. The van der Waals surface area contributed by atoms with Crippen molar-refractivity contribution in [1.29, 1.82) is 0 Å². The number of hydrogen-bond acceptors (Lipinski definition) is 4. The summed E-state index contributed by atoms with van der Waals surface area (Å²) in [5.41, 5.74) is 2.41. The van der Waals surface area contributed by atoms with Crippen LogP contribution in [0.2, 0.25) is 0 Å². The molecule has 3 heterocycles. The van der Waals surface area contributed by atoms with Gasteiger partial charge < -0.3 is 9.55 Å². The molecule has 4 aromatic rings. The van der Waals surface area contributed by atoms with Crippen molar-refractivity contribution in [2.75, 3.05) is 0 Å². The molecule has 0 saturated heterocycles. The Morgan fingerprint density at radius 1 is 1.20 bits per heavy atom. The van der Waals surface area contributed by atoms with Crippen molar-refractivity contribution in [2.24, 2.45) is 7.05 Å². The molecule has 126 valence electrons. The maximum absolute atomic E-state index is 12.5. The second-order valence-electron chi connectivity index (χ2n) is 6.10. The van der Waals surface area contributed by atoms with Gasteiger partial charge in [0.1, 0.15) is 18.0 Å². The molecule has 25 heavy (non-hydrogen) atoms. The molecule has 0 saturated carbocycles. The third-order valence-electron chi connectivity index (χ3n) is 4.34. The zero-order valence-corrected chi connectivity index (χ0v) is 14.1. The lowest BCUT2D eigenvalue weighted by atomic mass is 10.1. The molecular weight excluding hydrogens is 316 g/mol. The van der Waals surface area contributed by atoms with Crippen LogP contribution in [-0.2, 0) is 20.0 Å². The number of nitrogens with one attached hydrogen (secondary N) is 1. The lowest BCUT2D eigenvalue weighted by molar-refractivity contribution is 0.629. The Morgan fingerprint density at radius 2 is 2.08 bits per heavy atom. The van der Waals surface area contributed by atoms with E-state index >= 15 is 0 Å². The van der Waals surface area contributed by atoms with E-state index in [9.17, 15) is 4.79 Å². The summed E-state index contributed by atoms with van der Waals surface area (Å²) in [6.07, 6.45) is 5.85. The van der Waals surface area contributed by atoms with Gasteiger partial charge in [0.05, 0.1) is 5.56 Å². The van der Waals surface area contributed by atoms with Crippen LogP contribution in [0.15, 0.2) is 47.8 Å². The van der Waals surface area contributed by atoms with Gasteiger partial charge in [-0.05, 0) is 30.5 Å². The van der Waals surface area contributed by atoms with Crippen LogP contribution in [0.5, 0.6) is 0 Å². The molecule has 0 bridgehead atoms. The normalized spacial score (nSPS) is 11.3. The highest BCUT2D eigenvalue weighted by Gasteiger charge is 2.12. The average molecular weight is 334 g/mol. The van der Waals surface area contributed by atoms with Crippen molar-refractivity contribution >= 4 is 10.9 Å². The number of imidazole rings is 1. The van der Waals surface area contributed by atoms with Crippen LogP contribution in [0.3, 0.4) is 0 Å². The van der Waals surface area contributed by atoms with Crippen LogP contribution in [-0.4, -0.2) is 29.3 Å². The van der Waals surface area contributed by atoms with Gasteiger partial charge in [0.25, 0.3) is 5.56 Å². The highest BCUT2D eigenvalue weighted by molar-refractivity contribution is 5.83. The molecule has 1 N–H and O–H groups in total. The highest BCUT2D eigenvalue weighted by atomic mass is 16.1. The van der Waals surface area contributed by atoms with Gasteiger partial charge in [-0.15, -0.1) is 0 Å². The van der Waals surface area contributed by atoms with Gasteiger partial charge in [0.2, 0.25) is 0 Å². The maximum atomic E-state index is 12.5. The number of pyridine rings is 1. The number of H-pyrrole nitrogens is 1. The number of nitrogens with zero attached hydrogens (tertiary/aromatic N) is 5. The van der Waals surface area contributed by atoms with Gasteiger partial charge in [-0.1, -0.05) is 11.6 Å². The van der Waals surface area contributed by atoms with Gasteiger partial charge in [-0.2, -0.15) is 5.10 Å². The van der Waals surface area contributed by atoms with Crippen molar-refractivity contribution in [1.82, 2.24) is 29.3 Å². The minimum atomic E-state index is -0.137. The standard InChI is InChI=1S/C18H18N6O/c1-12-3-4-15-13(9-12)10-14(18(25)22-15)17-19-6-8-24(17)7-5-16-20-11-21-23(16)2/h3-4,6,8-11H,5,7H2,1-2H3,(H,22,25). The SMILES string of the molecule is Cc1ccc2[nH]c(=O)c(-c3nccn3CCc3ncnn3C)cc2c1. The lowest BCUT2D eigenvalue weighted by Crippen LogP contribution is -2.13. The largest absolute Gasteiger partial charge is 0.330 e. The maximum Gasteiger partial charge on any atom is 0.259 e. The van der Waals surface area contributed by atoms with Crippen molar-refractivity contribution in [3.63, 3.8) is 0 Å². The first kappa shape index (κ1) is 15.3. The van der Waals surface area contributed by atoms with Gasteiger partial charge in [-0.3, -0.25) is 9.48 Å². The summed E-state index contributed by atoms with van der Waals surface area (Å²) in [7, 11) is 1.87. The van der Waals surface area contributed by atoms with Gasteiger partial charge in [-0.25, -0.2) is 9.97 Å². The molecule has 3 aromatic heterocycles. The Kier molecular flexibility index (Phi) is 3.68. The van der Waals surface area contributed by atoms with E-state index in [2.05, 4.69) is 26.1 Å². The molecule has 0 fully saturated rings. The third-order valence-corrected chi connectivity index (χ3v) is 4.34. The molecule has 0 aliphatic rings. The fourth-order valence-corrected chi connectivity index (χ4v) is 2.99. The summed E-state index contributed by atoms with van der Waals surface area (Å²) in [6, 6.07) is 7.88. The first-order valence-corrected chi connectivity index (χ1v) is 8.10. The monoisotopic (exact) mass is 334 g/mol. The zero-order valence-electron chi connectivity index (χ0n) is 14.1. The number of aryl methyl sites for hydroxylation is 4. The predicted octanol–water partition coefficient (Wildman–Crippen LogP) is 2.07. The van der Waals surface area contributed by atoms with Crippen LogP contribution < -0.4 is 5.56 Å². The number of benzene rings is 1. The molecule has 0 atom stereocenters. The number of hydrogen-bond donors (Lipinski definition) is 1. The van der Waals surface area contributed by atoms with Crippen LogP contribution in [0, 0.1) is 6.92 Å². The van der Waals surface area contributed by atoms with E-state index in [0.29, 0.717) is 24.4 Å². The Hall–Kier alpha value is -3.22. The summed E-state index contributed by atoms with van der Waals surface area (Å²) in [5, 5.41) is 5.08. The molecule has 0 aliphatic heterocycles. The zero-order chi connectivity index (χ0) is 17.4. The second kappa shape index (κ2) is 6.01. The van der Waals surface area contributed by atoms with E-state index < -0.39 is 0 Å². The Bertz CT molecular complexity index is 1100. The van der Waals surface area contributed by atoms with Crippen LogP contribution in [0.25, 0.3) is 22.3 Å². The fraction of sp³-hybridized carbons (Fsp3) is 0.222. The molecule has 0 amide bonds. The van der Waals surface area contributed by atoms with Crippen LogP contribution in [0.4, 0.5) is 0 Å². The molecule has 0 aliphatic carbocycles. The number of fused-ring (bicyclic) bond motifs is 1. The van der Waals surface area contributed by atoms with Crippen LogP contribution in [0.1, 0.15) is 11.4 Å². The van der Waals surface area contributed by atoms with E-state index in [1.165, 1.54) is 0 Å². The number of aromatic nitrogens is 6. The Labute approximate surface area is 144 Å². The molecule has 7 nitrogen and oxygen atoms in total. The molecule has 0 unspecified atom stereocenters. The second-order valence-corrected chi connectivity index (χ2v) is 6.10. The molecule has 7 heteroatoms. The predicted molar refractivity (Wildman–Crippen MR) is 95.2 cm³/mol. The minimum Gasteiger partial charge on any atom is -0.330 e. The van der Waals surface area contributed by atoms with Crippen LogP contribution >= 0.6 is 0 Å². The topological polar surface area (TPSA) is 81.4 Å². The highest BCUT2D eigenvalue weighted by Crippen LogP contribution is 2.19.